The third-order valence-corrected chi connectivity index (χ3v) is 3.59. The number of rotatable bonds is 3. The molecule has 1 heterocycles. The topological polar surface area (TPSA) is 55.7 Å². The lowest BCUT2D eigenvalue weighted by atomic mass is 10.0. The van der Waals surface area contributed by atoms with Crippen molar-refractivity contribution in [2.45, 2.75) is 31.8 Å². The van der Waals surface area contributed by atoms with Gasteiger partial charge in [0.15, 0.2) is 0 Å². The number of nitrogens with zero attached hydrogens (tertiary/aromatic N) is 1. The molecule has 1 fully saturated rings. The van der Waals surface area contributed by atoms with Gasteiger partial charge in [0.25, 0.3) is 0 Å². The summed E-state index contributed by atoms with van der Waals surface area (Å²) in [5, 5.41) is 22.8. The summed E-state index contributed by atoms with van der Waals surface area (Å²) in [5.74, 6) is 0.425. The van der Waals surface area contributed by atoms with Crippen LogP contribution in [0.2, 0.25) is 0 Å². The summed E-state index contributed by atoms with van der Waals surface area (Å²) in [7, 11) is 2.13. The summed E-state index contributed by atoms with van der Waals surface area (Å²) >= 11 is 0. The van der Waals surface area contributed by atoms with Crippen LogP contribution in [0, 0.1) is 0 Å². The average Bonchev–Trinajstić information content (AvgIpc) is 2.32. The SMILES string of the molecule is CC(NC1CCCN(C)C1)c1cc(O)ccc1O. The number of hydrogen-bond acceptors (Lipinski definition) is 4. The summed E-state index contributed by atoms with van der Waals surface area (Å²) in [4.78, 5) is 2.32. The fourth-order valence-electron chi connectivity index (χ4n) is 2.63. The van der Waals surface area contributed by atoms with Crippen molar-refractivity contribution >= 4 is 0 Å². The lowest BCUT2D eigenvalue weighted by molar-refractivity contribution is 0.218. The monoisotopic (exact) mass is 250 g/mol. The number of nitrogens with one attached hydrogen (secondary N) is 1. The van der Waals surface area contributed by atoms with Crippen molar-refractivity contribution < 1.29 is 10.2 Å². The predicted octanol–water partition coefficient (Wildman–Crippen LogP) is 1.84. The third-order valence-electron chi connectivity index (χ3n) is 3.59. The van der Waals surface area contributed by atoms with Crippen molar-refractivity contribution in [1.82, 2.24) is 10.2 Å². The van der Waals surface area contributed by atoms with E-state index in [2.05, 4.69) is 17.3 Å². The first kappa shape index (κ1) is 13.2. The molecule has 3 N–H and O–H groups in total. The van der Waals surface area contributed by atoms with Crippen LogP contribution in [-0.4, -0.2) is 41.3 Å². The number of benzene rings is 1. The summed E-state index contributed by atoms with van der Waals surface area (Å²) in [6.07, 6.45) is 2.36. The highest BCUT2D eigenvalue weighted by atomic mass is 16.3. The molecule has 1 aliphatic rings. The third kappa shape index (κ3) is 3.15. The molecule has 0 spiro atoms. The van der Waals surface area contributed by atoms with Gasteiger partial charge >= 0.3 is 0 Å². The maximum absolute atomic E-state index is 9.83. The van der Waals surface area contributed by atoms with E-state index in [-0.39, 0.29) is 17.5 Å². The Balaban J connectivity index is 2.02. The van der Waals surface area contributed by atoms with Gasteiger partial charge < -0.3 is 20.4 Å². The van der Waals surface area contributed by atoms with Gasteiger partial charge in [0.1, 0.15) is 11.5 Å². The quantitative estimate of drug-likeness (QED) is 0.717. The van der Waals surface area contributed by atoms with Crippen LogP contribution >= 0.6 is 0 Å². The van der Waals surface area contributed by atoms with E-state index < -0.39 is 0 Å². The number of piperidine rings is 1. The fourth-order valence-corrected chi connectivity index (χ4v) is 2.63. The summed E-state index contributed by atoms with van der Waals surface area (Å²) in [6, 6.07) is 5.14. The Hall–Kier alpha value is -1.26. The van der Waals surface area contributed by atoms with Crippen LogP contribution in [0.5, 0.6) is 11.5 Å². The molecule has 2 unspecified atom stereocenters. The Morgan fingerprint density at radius 2 is 2.17 bits per heavy atom. The molecule has 0 radical (unpaired) electrons. The molecule has 1 aromatic carbocycles. The zero-order chi connectivity index (χ0) is 13.1. The standard InChI is InChI=1S/C14H22N2O2/c1-10(13-8-12(17)5-6-14(13)18)15-11-4-3-7-16(2)9-11/h5-6,8,10-11,15,17-18H,3-4,7,9H2,1-2H3. The molecule has 4 heteroatoms. The first-order chi connectivity index (χ1) is 8.56. The smallest absolute Gasteiger partial charge is 0.120 e. The first-order valence-corrected chi connectivity index (χ1v) is 6.52. The van der Waals surface area contributed by atoms with Crippen molar-refractivity contribution in [3.05, 3.63) is 23.8 Å². The van der Waals surface area contributed by atoms with E-state index in [0.29, 0.717) is 6.04 Å². The van der Waals surface area contributed by atoms with Gasteiger partial charge in [0, 0.05) is 24.2 Å². The molecular weight excluding hydrogens is 228 g/mol. The van der Waals surface area contributed by atoms with Crippen molar-refractivity contribution in [3.8, 4) is 11.5 Å². The minimum atomic E-state index is 0.0357. The molecule has 2 rings (SSSR count). The molecule has 1 saturated heterocycles. The molecule has 0 amide bonds. The highest BCUT2D eigenvalue weighted by Crippen LogP contribution is 2.28. The van der Waals surface area contributed by atoms with Crippen molar-refractivity contribution in [1.29, 1.82) is 0 Å². The average molecular weight is 250 g/mol. The van der Waals surface area contributed by atoms with E-state index in [4.69, 9.17) is 0 Å². The van der Waals surface area contributed by atoms with Crippen molar-refractivity contribution in [2.24, 2.45) is 0 Å². The van der Waals surface area contributed by atoms with Crippen LogP contribution in [0.3, 0.4) is 0 Å². The Morgan fingerprint density at radius 3 is 2.89 bits per heavy atom. The second-order valence-electron chi connectivity index (χ2n) is 5.23. The zero-order valence-electron chi connectivity index (χ0n) is 11.1. The molecule has 0 bridgehead atoms. The molecule has 100 valence electrons. The predicted molar refractivity (Wildman–Crippen MR) is 71.8 cm³/mol. The van der Waals surface area contributed by atoms with Gasteiger partial charge in [0.2, 0.25) is 0 Å². The minimum absolute atomic E-state index is 0.0357. The molecule has 2 atom stereocenters. The first-order valence-electron chi connectivity index (χ1n) is 6.52. The number of phenols is 2. The van der Waals surface area contributed by atoms with Crippen molar-refractivity contribution in [2.75, 3.05) is 20.1 Å². The van der Waals surface area contributed by atoms with Gasteiger partial charge in [-0.1, -0.05) is 0 Å². The molecule has 1 aliphatic heterocycles. The Labute approximate surface area is 108 Å². The molecule has 0 aliphatic carbocycles. The van der Waals surface area contributed by atoms with E-state index in [1.807, 2.05) is 6.92 Å². The van der Waals surface area contributed by atoms with E-state index in [1.54, 1.807) is 6.07 Å². The zero-order valence-corrected chi connectivity index (χ0v) is 11.1. The fraction of sp³-hybridized carbons (Fsp3) is 0.571. The Morgan fingerprint density at radius 1 is 1.39 bits per heavy atom. The number of likely N-dealkylation sites (tertiary alicyclic amines) is 1. The van der Waals surface area contributed by atoms with Gasteiger partial charge in [-0.2, -0.15) is 0 Å². The van der Waals surface area contributed by atoms with Gasteiger partial charge in [-0.15, -0.1) is 0 Å². The summed E-state index contributed by atoms with van der Waals surface area (Å²) in [5.41, 5.74) is 0.753. The summed E-state index contributed by atoms with van der Waals surface area (Å²) < 4.78 is 0. The van der Waals surface area contributed by atoms with E-state index in [1.165, 1.54) is 18.6 Å². The van der Waals surface area contributed by atoms with Gasteiger partial charge in [-0.05, 0) is 51.6 Å². The Kier molecular flexibility index (Phi) is 4.09. The summed E-state index contributed by atoms with van der Waals surface area (Å²) in [6.45, 7) is 4.21. The molecule has 1 aromatic rings. The molecular formula is C14H22N2O2. The normalized spacial score (nSPS) is 22.9. The van der Waals surface area contributed by atoms with Crippen LogP contribution in [0.1, 0.15) is 31.4 Å². The molecule has 0 saturated carbocycles. The van der Waals surface area contributed by atoms with Crippen LogP contribution < -0.4 is 5.32 Å². The van der Waals surface area contributed by atoms with Crippen LogP contribution in [0.4, 0.5) is 0 Å². The van der Waals surface area contributed by atoms with Gasteiger partial charge in [0.05, 0.1) is 0 Å². The molecule has 18 heavy (non-hydrogen) atoms. The highest BCUT2D eigenvalue weighted by molar-refractivity contribution is 5.40. The van der Waals surface area contributed by atoms with Crippen LogP contribution in [0.15, 0.2) is 18.2 Å². The van der Waals surface area contributed by atoms with Crippen molar-refractivity contribution in [3.63, 3.8) is 0 Å². The maximum atomic E-state index is 9.83. The number of likely N-dealkylation sites (N-methyl/N-ethyl adjacent to an activating group) is 1. The maximum Gasteiger partial charge on any atom is 0.120 e. The minimum Gasteiger partial charge on any atom is -0.508 e. The van der Waals surface area contributed by atoms with Gasteiger partial charge in [-0.3, -0.25) is 0 Å². The van der Waals surface area contributed by atoms with E-state index >= 15 is 0 Å². The lowest BCUT2D eigenvalue weighted by Gasteiger charge is -2.32. The van der Waals surface area contributed by atoms with E-state index in [9.17, 15) is 10.2 Å². The second-order valence-corrected chi connectivity index (χ2v) is 5.23. The van der Waals surface area contributed by atoms with Gasteiger partial charge in [-0.25, -0.2) is 0 Å². The van der Waals surface area contributed by atoms with Crippen LogP contribution in [0.25, 0.3) is 0 Å². The number of phenolic OH excluding ortho intramolecular Hbond substituents is 2. The largest absolute Gasteiger partial charge is 0.508 e. The van der Waals surface area contributed by atoms with Crippen LogP contribution in [-0.2, 0) is 0 Å². The Bertz CT molecular complexity index is 409. The number of hydrogen-bond donors (Lipinski definition) is 3. The highest BCUT2D eigenvalue weighted by Gasteiger charge is 2.20. The molecule has 4 nitrogen and oxygen atoms in total. The van der Waals surface area contributed by atoms with E-state index in [0.717, 1.165) is 25.1 Å². The second kappa shape index (κ2) is 5.59. The molecule has 0 aromatic heterocycles. The number of aromatic hydroxyl groups is 2. The lowest BCUT2D eigenvalue weighted by Crippen LogP contribution is -2.44.